The van der Waals surface area contributed by atoms with Crippen LogP contribution in [0.15, 0.2) is 48.5 Å². The zero-order valence-corrected chi connectivity index (χ0v) is 14.8. The zero-order valence-electron chi connectivity index (χ0n) is 14.1. The Labute approximate surface area is 155 Å². The molecule has 0 radical (unpaired) electrons. The summed E-state index contributed by atoms with van der Waals surface area (Å²) in [5.74, 6) is -0.351. The first-order chi connectivity index (χ1) is 12.4. The lowest BCUT2D eigenvalue weighted by Crippen LogP contribution is -2.23. The quantitative estimate of drug-likeness (QED) is 0.635. The molecule has 2 rings (SSSR count). The van der Waals surface area contributed by atoms with Crippen LogP contribution in [0.3, 0.4) is 0 Å². The maximum absolute atomic E-state index is 12.8. The van der Waals surface area contributed by atoms with Crippen LogP contribution in [0.5, 0.6) is 0 Å². The molecule has 0 saturated carbocycles. The van der Waals surface area contributed by atoms with Gasteiger partial charge in [-0.1, -0.05) is 41.9 Å². The topological polar surface area (TPSA) is 41.1 Å². The lowest BCUT2D eigenvalue weighted by atomic mass is 10.1. The minimum Gasteiger partial charge on any atom is -0.326 e. The molecule has 0 atom stereocenters. The van der Waals surface area contributed by atoms with Gasteiger partial charge in [-0.15, -0.1) is 0 Å². The molecule has 0 heterocycles. The average Bonchev–Trinajstić information content (AvgIpc) is 2.59. The van der Waals surface area contributed by atoms with Crippen LogP contribution >= 0.6 is 11.6 Å². The summed E-state index contributed by atoms with van der Waals surface area (Å²) >= 11 is 5.55. The summed E-state index contributed by atoms with van der Waals surface area (Å²) in [4.78, 5) is 11.8. The smallest absolute Gasteiger partial charge is 0.326 e. The molecule has 2 aromatic carbocycles. The van der Waals surface area contributed by atoms with Crippen LogP contribution in [0.4, 0.5) is 18.9 Å². The number of alkyl halides is 3. The van der Waals surface area contributed by atoms with Crippen LogP contribution in [-0.4, -0.2) is 19.0 Å². The van der Waals surface area contributed by atoms with Crippen LogP contribution < -0.4 is 10.6 Å². The predicted octanol–water partition coefficient (Wildman–Crippen LogP) is 4.91. The lowest BCUT2D eigenvalue weighted by molar-refractivity contribution is -0.137. The maximum Gasteiger partial charge on any atom is 0.417 e. The zero-order chi connectivity index (χ0) is 19.0. The molecule has 0 fully saturated rings. The van der Waals surface area contributed by atoms with E-state index in [9.17, 15) is 18.0 Å². The van der Waals surface area contributed by atoms with Gasteiger partial charge in [0.05, 0.1) is 10.6 Å². The fourth-order valence-electron chi connectivity index (χ4n) is 2.43. The number of hydrogen-bond donors (Lipinski definition) is 2. The van der Waals surface area contributed by atoms with Gasteiger partial charge < -0.3 is 10.6 Å². The fourth-order valence-corrected chi connectivity index (χ4v) is 2.66. The SMILES string of the molecule is O=C(CCNCCCc1ccccc1)Nc1ccc(Cl)c(C(F)(F)F)c1. The Hall–Kier alpha value is -2.05. The Kier molecular flexibility index (Phi) is 7.48. The van der Waals surface area contributed by atoms with E-state index < -0.39 is 16.8 Å². The van der Waals surface area contributed by atoms with Crippen molar-refractivity contribution < 1.29 is 18.0 Å². The van der Waals surface area contributed by atoms with E-state index in [1.807, 2.05) is 18.2 Å². The molecule has 0 bridgehead atoms. The van der Waals surface area contributed by atoms with E-state index in [0.29, 0.717) is 6.54 Å². The molecule has 0 spiro atoms. The van der Waals surface area contributed by atoms with E-state index in [1.165, 1.54) is 11.6 Å². The number of rotatable bonds is 8. The third kappa shape index (κ3) is 6.69. The summed E-state index contributed by atoms with van der Waals surface area (Å²) in [5.41, 5.74) is 0.377. The third-order valence-electron chi connectivity index (χ3n) is 3.75. The van der Waals surface area contributed by atoms with Crippen LogP contribution in [0.1, 0.15) is 24.0 Å². The number of anilines is 1. The van der Waals surface area contributed by atoms with E-state index in [4.69, 9.17) is 11.6 Å². The van der Waals surface area contributed by atoms with E-state index >= 15 is 0 Å². The van der Waals surface area contributed by atoms with Crippen molar-refractivity contribution in [2.45, 2.75) is 25.4 Å². The molecule has 0 aromatic heterocycles. The molecule has 140 valence electrons. The van der Waals surface area contributed by atoms with Gasteiger partial charge in [0.1, 0.15) is 0 Å². The molecule has 0 saturated heterocycles. The summed E-state index contributed by atoms with van der Waals surface area (Å²) in [6, 6.07) is 13.4. The number of amides is 1. The molecule has 0 unspecified atom stereocenters. The lowest BCUT2D eigenvalue weighted by Gasteiger charge is -2.12. The molecule has 0 aliphatic carbocycles. The molecule has 2 N–H and O–H groups in total. The first-order valence-corrected chi connectivity index (χ1v) is 8.65. The Morgan fingerprint density at radius 1 is 1.04 bits per heavy atom. The van der Waals surface area contributed by atoms with E-state index in [-0.39, 0.29) is 18.0 Å². The Morgan fingerprint density at radius 3 is 2.46 bits per heavy atom. The van der Waals surface area contributed by atoms with Crippen molar-refractivity contribution in [2.75, 3.05) is 18.4 Å². The predicted molar refractivity (Wildman–Crippen MR) is 97.3 cm³/mol. The first kappa shape index (κ1) is 20.3. The van der Waals surface area contributed by atoms with Crippen molar-refractivity contribution >= 4 is 23.2 Å². The second-order valence-electron chi connectivity index (χ2n) is 5.83. The third-order valence-corrected chi connectivity index (χ3v) is 4.08. The summed E-state index contributed by atoms with van der Waals surface area (Å²) in [6.45, 7) is 1.22. The van der Waals surface area contributed by atoms with E-state index in [0.717, 1.165) is 31.5 Å². The van der Waals surface area contributed by atoms with Gasteiger partial charge in [0.25, 0.3) is 0 Å². The van der Waals surface area contributed by atoms with Gasteiger partial charge in [-0.25, -0.2) is 0 Å². The normalized spacial score (nSPS) is 11.4. The van der Waals surface area contributed by atoms with Crippen molar-refractivity contribution in [1.29, 1.82) is 0 Å². The van der Waals surface area contributed by atoms with Gasteiger partial charge in [-0.2, -0.15) is 13.2 Å². The molecular weight excluding hydrogens is 365 g/mol. The average molecular weight is 385 g/mol. The molecular formula is C19H20ClF3N2O. The Morgan fingerprint density at radius 2 is 1.77 bits per heavy atom. The number of halogens is 4. The minimum absolute atomic E-state index is 0.0794. The Balaban J connectivity index is 1.69. The standard InChI is InChI=1S/C19H20ClF3N2O/c20-17-9-8-15(13-16(17)19(21,22)23)25-18(26)10-12-24-11-4-7-14-5-2-1-3-6-14/h1-3,5-6,8-9,13,24H,4,7,10-12H2,(H,25,26). The van der Waals surface area contributed by atoms with Gasteiger partial charge in [-0.3, -0.25) is 4.79 Å². The highest BCUT2D eigenvalue weighted by molar-refractivity contribution is 6.31. The number of nitrogens with one attached hydrogen (secondary N) is 2. The van der Waals surface area contributed by atoms with Crippen molar-refractivity contribution in [3.05, 3.63) is 64.7 Å². The number of carbonyl (C=O) groups excluding carboxylic acids is 1. The maximum atomic E-state index is 12.8. The van der Waals surface area contributed by atoms with Crippen LogP contribution in [0.25, 0.3) is 0 Å². The van der Waals surface area contributed by atoms with Crippen molar-refractivity contribution in [3.63, 3.8) is 0 Å². The van der Waals surface area contributed by atoms with Crippen LogP contribution in [0, 0.1) is 0 Å². The molecule has 3 nitrogen and oxygen atoms in total. The number of benzene rings is 2. The van der Waals surface area contributed by atoms with Crippen molar-refractivity contribution in [1.82, 2.24) is 5.32 Å². The highest BCUT2D eigenvalue weighted by atomic mass is 35.5. The summed E-state index contributed by atoms with van der Waals surface area (Å²) in [6.07, 6.45) is -2.49. The molecule has 0 aliphatic heterocycles. The van der Waals surface area contributed by atoms with Crippen LogP contribution in [0.2, 0.25) is 5.02 Å². The van der Waals surface area contributed by atoms with Gasteiger partial charge >= 0.3 is 6.18 Å². The summed E-state index contributed by atoms with van der Waals surface area (Å²) in [5, 5.41) is 5.22. The van der Waals surface area contributed by atoms with Gasteiger partial charge in [0.2, 0.25) is 5.91 Å². The fraction of sp³-hybridized carbons (Fsp3) is 0.316. The summed E-state index contributed by atoms with van der Waals surface area (Å²) in [7, 11) is 0. The Bertz CT molecular complexity index is 720. The molecule has 7 heteroatoms. The number of hydrogen-bond acceptors (Lipinski definition) is 2. The second-order valence-corrected chi connectivity index (χ2v) is 6.24. The highest BCUT2D eigenvalue weighted by Gasteiger charge is 2.33. The number of carbonyl (C=O) groups is 1. The van der Waals surface area contributed by atoms with Gasteiger partial charge in [0.15, 0.2) is 0 Å². The second kappa shape index (κ2) is 9.59. The molecule has 0 aliphatic rings. The largest absolute Gasteiger partial charge is 0.417 e. The van der Waals surface area contributed by atoms with E-state index in [2.05, 4.69) is 22.8 Å². The van der Waals surface area contributed by atoms with Gasteiger partial charge in [-0.05, 0) is 43.1 Å². The first-order valence-electron chi connectivity index (χ1n) is 8.27. The van der Waals surface area contributed by atoms with E-state index in [1.54, 1.807) is 0 Å². The molecule has 26 heavy (non-hydrogen) atoms. The monoisotopic (exact) mass is 384 g/mol. The van der Waals surface area contributed by atoms with Crippen molar-refractivity contribution in [2.24, 2.45) is 0 Å². The summed E-state index contributed by atoms with van der Waals surface area (Å²) < 4.78 is 38.4. The number of aryl methyl sites for hydroxylation is 1. The highest BCUT2D eigenvalue weighted by Crippen LogP contribution is 2.36. The van der Waals surface area contributed by atoms with Gasteiger partial charge in [0, 0.05) is 18.7 Å². The van der Waals surface area contributed by atoms with Crippen LogP contribution in [-0.2, 0) is 17.4 Å². The molecule has 2 aromatic rings. The molecule has 1 amide bonds. The minimum atomic E-state index is -4.56. The van der Waals surface area contributed by atoms with Crippen molar-refractivity contribution in [3.8, 4) is 0 Å².